The van der Waals surface area contributed by atoms with Crippen molar-refractivity contribution in [2.24, 2.45) is 0 Å². The Morgan fingerprint density at radius 2 is 1.76 bits per heavy atom. The standard InChI is InChI=1S/C26H35Cl2N3O5S/c1-5-15-29-26(33)24(6-2)30(18-19-9-10-20(27)17-23(19)28)25(32)8-7-16-31(37(4,34)35)21-11-13-22(36-3)14-12-21/h9-14,17,24H,5-8,15-16,18H2,1-4H3,(H,29,33). The summed E-state index contributed by atoms with van der Waals surface area (Å²) in [6, 6.07) is 11.0. The third-order valence-electron chi connectivity index (χ3n) is 5.80. The van der Waals surface area contributed by atoms with Gasteiger partial charge >= 0.3 is 0 Å². The molecule has 0 bridgehead atoms. The van der Waals surface area contributed by atoms with Gasteiger partial charge in [0.1, 0.15) is 11.8 Å². The van der Waals surface area contributed by atoms with Crippen molar-refractivity contribution in [3.8, 4) is 5.75 Å². The molecule has 1 atom stereocenters. The summed E-state index contributed by atoms with van der Waals surface area (Å²) in [5.41, 5.74) is 1.14. The first-order chi connectivity index (χ1) is 17.5. The molecule has 0 spiro atoms. The number of halogens is 2. The van der Waals surface area contributed by atoms with Crippen LogP contribution in [0.1, 0.15) is 45.1 Å². The molecule has 0 fully saturated rings. The van der Waals surface area contributed by atoms with E-state index >= 15 is 0 Å². The summed E-state index contributed by atoms with van der Waals surface area (Å²) in [5, 5.41) is 3.74. The van der Waals surface area contributed by atoms with Crippen LogP contribution in [0.2, 0.25) is 10.0 Å². The average Bonchev–Trinajstić information content (AvgIpc) is 2.85. The Morgan fingerprint density at radius 3 is 2.30 bits per heavy atom. The molecule has 0 aliphatic rings. The van der Waals surface area contributed by atoms with Gasteiger partial charge in [0, 0.05) is 36.1 Å². The highest BCUT2D eigenvalue weighted by Gasteiger charge is 2.29. The molecule has 1 unspecified atom stereocenters. The molecule has 0 aliphatic carbocycles. The van der Waals surface area contributed by atoms with Crippen molar-refractivity contribution >= 4 is 50.7 Å². The van der Waals surface area contributed by atoms with Crippen LogP contribution in [0.25, 0.3) is 0 Å². The Hall–Kier alpha value is -2.49. The molecule has 0 saturated heterocycles. The molecule has 8 nitrogen and oxygen atoms in total. The maximum Gasteiger partial charge on any atom is 0.242 e. The van der Waals surface area contributed by atoms with Crippen molar-refractivity contribution in [1.82, 2.24) is 10.2 Å². The third-order valence-corrected chi connectivity index (χ3v) is 7.58. The predicted octanol–water partition coefficient (Wildman–Crippen LogP) is 4.88. The first kappa shape index (κ1) is 30.7. The molecular formula is C26H35Cl2N3O5S. The van der Waals surface area contributed by atoms with Crippen LogP contribution in [-0.4, -0.2) is 57.6 Å². The number of hydrogen-bond acceptors (Lipinski definition) is 5. The van der Waals surface area contributed by atoms with E-state index in [1.807, 2.05) is 13.8 Å². The van der Waals surface area contributed by atoms with Crippen molar-refractivity contribution in [1.29, 1.82) is 0 Å². The minimum Gasteiger partial charge on any atom is -0.497 e. The second-order valence-corrected chi connectivity index (χ2v) is 11.4. The molecule has 2 aromatic rings. The van der Waals surface area contributed by atoms with Gasteiger partial charge < -0.3 is 15.0 Å². The molecule has 0 heterocycles. The van der Waals surface area contributed by atoms with Gasteiger partial charge in [-0.2, -0.15) is 0 Å². The smallest absolute Gasteiger partial charge is 0.242 e. The number of benzene rings is 2. The van der Waals surface area contributed by atoms with Crippen LogP contribution in [0, 0.1) is 0 Å². The fourth-order valence-electron chi connectivity index (χ4n) is 3.87. The van der Waals surface area contributed by atoms with E-state index in [-0.39, 0.29) is 37.7 Å². The Bertz CT molecular complexity index is 1160. The predicted molar refractivity (Wildman–Crippen MR) is 149 cm³/mol. The van der Waals surface area contributed by atoms with Gasteiger partial charge in [-0.05, 0) is 61.2 Å². The lowest BCUT2D eigenvalue weighted by Crippen LogP contribution is -2.49. The molecule has 0 saturated carbocycles. The first-order valence-electron chi connectivity index (χ1n) is 12.1. The summed E-state index contributed by atoms with van der Waals surface area (Å²) in [6.07, 6.45) is 2.61. The van der Waals surface area contributed by atoms with E-state index in [0.29, 0.717) is 40.0 Å². The van der Waals surface area contributed by atoms with Gasteiger partial charge in [-0.25, -0.2) is 8.42 Å². The number of methoxy groups -OCH3 is 1. The van der Waals surface area contributed by atoms with E-state index < -0.39 is 16.1 Å². The minimum absolute atomic E-state index is 0.0466. The van der Waals surface area contributed by atoms with Crippen LogP contribution >= 0.6 is 23.2 Å². The highest BCUT2D eigenvalue weighted by Crippen LogP contribution is 2.25. The van der Waals surface area contributed by atoms with E-state index in [0.717, 1.165) is 12.7 Å². The maximum atomic E-state index is 13.4. The number of nitrogens with one attached hydrogen (secondary N) is 1. The van der Waals surface area contributed by atoms with Crippen LogP contribution < -0.4 is 14.4 Å². The van der Waals surface area contributed by atoms with Gasteiger partial charge in [-0.3, -0.25) is 13.9 Å². The van der Waals surface area contributed by atoms with Crippen LogP contribution in [0.4, 0.5) is 5.69 Å². The number of amides is 2. The van der Waals surface area contributed by atoms with Crippen LogP contribution in [-0.2, 0) is 26.2 Å². The second-order valence-electron chi connectivity index (χ2n) is 8.61. The summed E-state index contributed by atoms with van der Waals surface area (Å²) < 4.78 is 31.3. The van der Waals surface area contributed by atoms with E-state index in [9.17, 15) is 18.0 Å². The number of hydrogen-bond donors (Lipinski definition) is 1. The lowest BCUT2D eigenvalue weighted by molar-refractivity contribution is -0.141. The van der Waals surface area contributed by atoms with E-state index in [1.54, 1.807) is 42.5 Å². The van der Waals surface area contributed by atoms with E-state index in [2.05, 4.69) is 5.32 Å². The molecule has 2 amide bonds. The molecule has 0 aromatic heterocycles. The van der Waals surface area contributed by atoms with E-state index in [4.69, 9.17) is 27.9 Å². The van der Waals surface area contributed by atoms with Crippen molar-refractivity contribution < 1.29 is 22.7 Å². The Labute approximate surface area is 229 Å². The Balaban J connectivity index is 2.23. The number of nitrogens with zero attached hydrogens (tertiary/aromatic N) is 2. The van der Waals surface area contributed by atoms with Crippen molar-refractivity contribution in [3.05, 3.63) is 58.1 Å². The molecule has 204 valence electrons. The number of ether oxygens (including phenoxy) is 1. The summed E-state index contributed by atoms with van der Waals surface area (Å²) in [4.78, 5) is 27.9. The zero-order chi connectivity index (χ0) is 27.6. The maximum absolute atomic E-state index is 13.4. The normalized spacial score (nSPS) is 12.1. The number of rotatable bonds is 14. The fraction of sp³-hybridized carbons (Fsp3) is 0.462. The quantitative estimate of drug-likeness (QED) is 0.348. The molecule has 0 aliphatic heterocycles. The largest absolute Gasteiger partial charge is 0.497 e. The Kier molecular flexibility index (Phi) is 12.0. The van der Waals surface area contributed by atoms with E-state index in [1.165, 1.54) is 16.3 Å². The zero-order valence-electron chi connectivity index (χ0n) is 21.7. The summed E-state index contributed by atoms with van der Waals surface area (Å²) in [6.45, 7) is 4.53. The molecule has 0 radical (unpaired) electrons. The summed E-state index contributed by atoms with van der Waals surface area (Å²) >= 11 is 12.4. The second kappa shape index (κ2) is 14.4. The average molecular weight is 573 g/mol. The molecule has 37 heavy (non-hydrogen) atoms. The summed E-state index contributed by atoms with van der Waals surface area (Å²) in [5.74, 6) is 0.0994. The number of anilines is 1. The third kappa shape index (κ3) is 9.09. The van der Waals surface area contributed by atoms with Crippen LogP contribution in [0.15, 0.2) is 42.5 Å². The van der Waals surface area contributed by atoms with Crippen molar-refractivity contribution in [2.45, 2.75) is 52.1 Å². The van der Waals surface area contributed by atoms with Gasteiger partial charge in [0.15, 0.2) is 0 Å². The number of sulfonamides is 1. The summed E-state index contributed by atoms with van der Waals surface area (Å²) in [7, 11) is -2.05. The monoisotopic (exact) mass is 571 g/mol. The SMILES string of the molecule is CCCNC(=O)C(CC)N(Cc1ccc(Cl)cc1Cl)C(=O)CCCN(c1ccc(OC)cc1)S(C)(=O)=O. The van der Waals surface area contributed by atoms with Crippen LogP contribution in [0.5, 0.6) is 5.75 Å². The van der Waals surface area contributed by atoms with Crippen molar-refractivity contribution in [3.63, 3.8) is 0 Å². The van der Waals surface area contributed by atoms with Crippen molar-refractivity contribution in [2.75, 3.05) is 30.8 Å². The lowest BCUT2D eigenvalue weighted by atomic mass is 10.1. The highest BCUT2D eigenvalue weighted by atomic mass is 35.5. The lowest BCUT2D eigenvalue weighted by Gasteiger charge is -2.31. The zero-order valence-corrected chi connectivity index (χ0v) is 24.0. The molecular weight excluding hydrogens is 537 g/mol. The number of carbonyl (C=O) groups is 2. The number of carbonyl (C=O) groups excluding carboxylic acids is 2. The van der Waals surface area contributed by atoms with Gasteiger partial charge in [-0.15, -0.1) is 0 Å². The van der Waals surface area contributed by atoms with Gasteiger partial charge in [0.2, 0.25) is 21.8 Å². The highest BCUT2D eigenvalue weighted by molar-refractivity contribution is 7.92. The molecule has 11 heteroatoms. The first-order valence-corrected chi connectivity index (χ1v) is 14.7. The Morgan fingerprint density at radius 1 is 1.08 bits per heavy atom. The molecule has 1 N–H and O–H groups in total. The fourth-order valence-corrected chi connectivity index (χ4v) is 5.30. The van der Waals surface area contributed by atoms with Crippen LogP contribution in [0.3, 0.4) is 0 Å². The minimum atomic E-state index is -3.59. The van der Waals surface area contributed by atoms with Gasteiger partial charge in [-0.1, -0.05) is 43.1 Å². The molecule has 2 aromatic carbocycles. The van der Waals surface area contributed by atoms with Gasteiger partial charge in [0.25, 0.3) is 0 Å². The molecule has 2 rings (SSSR count). The topological polar surface area (TPSA) is 96.0 Å². The van der Waals surface area contributed by atoms with Gasteiger partial charge in [0.05, 0.1) is 19.1 Å².